The Labute approximate surface area is 125 Å². The van der Waals surface area contributed by atoms with Gasteiger partial charge in [-0.25, -0.2) is 4.98 Å². The monoisotopic (exact) mass is 292 g/mol. The molecule has 0 spiro atoms. The molecule has 1 aromatic heterocycles. The molecule has 2 fully saturated rings. The van der Waals surface area contributed by atoms with Crippen LogP contribution in [-0.2, 0) is 0 Å². The van der Waals surface area contributed by atoms with Crippen LogP contribution in [0, 0.1) is 5.92 Å². The van der Waals surface area contributed by atoms with Crippen LogP contribution in [0.15, 0.2) is 5.38 Å². The summed E-state index contributed by atoms with van der Waals surface area (Å²) in [7, 11) is 0. The number of nitrogens with one attached hydrogen (secondary N) is 1. The largest absolute Gasteiger partial charge is 0.316 e. The Morgan fingerprint density at radius 3 is 2.85 bits per heavy atom. The minimum absolute atomic E-state index is 0.267. The average Bonchev–Trinajstić information content (AvgIpc) is 2.99. The maximum absolute atomic E-state index is 12.3. The van der Waals surface area contributed by atoms with Gasteiger partial charge >= 0.3 is 0 Å². The lowest BCUT2D eigenvalue weighted by atomic mass is 9.85. The number of rotatable bonds is 4. The highest BCUT2D eigenvalue weighted by atomic mass is 32.1. The van der Waals surface area contributed by atoms with Crippen LogP contribution in [0.3, 0.4) is 0 Å². The van der Waals surface area contributed by atoms with Crippen LogP contribution in [0.4, 0.5) is 0 Å². The third kappa shape index (κ3) is 3.47. The molecule has 3 rings (SSSR count). The molecule has 2 aliphatic rings. The molecular weight excluding hydrogens is 268 g/mol. The molecule has 1 saturated carbocycles. The molecule has 4 heteroatoms. The Hall–Kier alpha value is -0.740. The first-order chi connectivity index (χ1) is 9.83. The van der Waals surface area contributed by atoms with Gasteiger partial charge in [0.05, 0.1) is 5.01 Å². The van der Waals surface area contributed by atoms with Gasteiger partial charge in [0, 0.05) is 24.3 Å². The number of Topliss-reactive ketones (excluding diaryl/α,β-unsaturated/α-hetero) is 1. The van der Waals surface area contributed by atoms with Crippen LogP contribution < -0.4 is 5.32 Å². The van der Waals surface area contributed by atoms with Crippen molar-refractivity contribution in [3.8, 4) is 0 Å². The maximum atomic E-state index is 12.3. The fourth-order valence-corrected chi connectivity index (χ4v) is 4.39. The van der Waals surface area contributed by atoms with Crippen molar-refractivity contribution >= 4 is 17.1 Å². The van der Waals surface area contributed by atoms with Gasteiger partial charge < -0.3 is 5.32 Å². The number of hydrogen-bond acceptors (Lipinski definition) is 4. The number of piperidine rings is 1. The standard InChI is InChI=1S/C16H24N2OS/c19-15(9-12-5-2-1-3-6-12)14-11-20-16(18-14)13-7-4-8-17-10-13/h11-13,17H,1-10H2. The molecular formula is C16H24N2OS. The van der Waals surface area contributed by atoms with E-state index in [1.54, 1.807) is 11.3 Å². The Balaban J connectivity index is 1.58. The van der Waals surface area contributed by atoms with Crippen molar-refractivity contribution in [2.45, 2.75) is 57.3 Å². The summed E-state index contributed by atoms with van der Waals surface area (Å²) in [5, 5.41) is 6.56. The molecule has 0 radical (unpaired) electrons. The Bertz CT molecular complexity index is 445. The number of aromatic nitrogens is 1. The lowest BCUT2D eigenvalue weighted by Crippen LogP contribution is -2.28. The summed E-state index contributed by atoms with van der Waals surface area (Å²) in [5.41, 5.74) is 0.723. The Morgan fingerprint density at radius 1 is 1.25 bits per heavy atom. The lowest BCUT2D eigenvalue weighted by Gasteiger charge is -2.21. The highest BCUT2D eigenvalue weighted by molar-refractivity contribution is 7.09. The molecule has 0 amide bonds. The van der Waals surface area contributed by atoms with E-state index in [9.17, 15) is 4.79 Å². The van der Waals surface area contributed by atoms with Crippen LogP contribution >= 0.6 is 11.3 Å². The number of nitrogens with zero attached hydrogens (tertiary/aromatic N) is 1. The van der Waals surface area contributed by atoms with Gasteiger partial charge in [-0.1, -0.05) is 32.1 Å². The third-order valence-corrected chi connectivity index (χ3v) is 5.66. The first-order valence-corrected chi connectivity index (χ1v) is 8.90. The van der Waals surface area contributed by atoms with E-state index < -0.39 is 0 Å². The molecule has 0 aromatic carbocycles. The van der Waals surface area contributed by atoms with Crippen LogP contribution in [0.5, 0.6) is 0 Å². The van der Waals surface area contributed by atoms with Crippen molar-refractivity contribution in [3.05, 3.63) is 16.1 Å². The van der Waals surface area contributed by atoms with Crippen LogP contribution in [0.1, 0.15) is 72.8 Å². The van der Waals surface area contributed by atoms with E-state index in [-0.39, 0.29) is 5.78 Å². The molecule has 1 unspecified atom stereocenters. The fourth-order valence-electron chi connectivity index (χ4n) is 3.42. The molecule has 1 aliphatic carbocycles. The zero-order valence-electron chi connectivity index (χ0n) is 12.1. The number of hydrogen-bond donors (Lipinski definition) is 1. The summed E-state index contributed by atoms with van der Waals surface area (Å²) in [4.78, 5) is 17.0. The quantitative estimate of drug-likeness (QED) is 0.859. The summed E-state index contributed by atoms with van der Waals surface area (Å²) < 4.78 is 0. The van der Waals surface area contributed by atoms with Crippen molar-refractivity contribution in [1.29, 1.82) is 0 Å². The average molecular weight is 292 g/mol. The summed E-state index contributed by atoms with van der Waals surface area (Å²) >= 11 is 1.67. The fraction of sp³-hybridized carbons (Fsp3) is 0.750. The lowest BCUT2D eigenvalue weighted by molar-refractivity contribution is 0.0945. The predicted octanol–water partition coefficient (Wildman–Crippen LogP) is 3.76. The van der Waals surface area contributed by atoms with Crippen molar-refractivity contribution < 1.29 is 4.79 Å². The highest BCUT2D eigenvalue weighted by Crippen LogP contribution is 2.29. The molecule has 110 valence electrons. The smallest absolute Gasteiger partial charge is 0.182 e. The zero-order chi connectivity index (χ0) is 13.8. The van der Waals surface area contributed by atoms with Gasteiger partial charge in [0.2, 0.25) is 0 Å². The summed E-state index contributed by atoms with van der Waals surface area (Å²) in [6.07, 6.45) is 9.55. The number of thiazole rings is 1. The van der Waals surface area contributed by atoms with Gasteiger partial charge in [-0.3, -0.25) is 4.79 Å². The van der Waals surface area contributed by atoms with E-state index in [4.69, 9.17) is 0 Å². The van der Waals surface area contributed by atoms with Crippen LogP contribution in [0.2, 0.25) is 0 Å². The SMILES string of the molecule is O=C(CC1CCCCC1)c1csc(C2CCCNC2)n1. The van der Waals surface area contributed by atoms with E-state index in [0.29, 0.717) is 18.3 Å². The summed E-state index contributed by atoms with van der Waals surface area (Å²) in [6, 6.07) is 0. The Kier molecular flexibility index (Phi) is 4.84. The minimum Gasteiger partial charge on any atom is -0.316 e. The molecule has 3 nitrogen and oxygen atoms in total. The third-order valence-electron chi connectivity index (χ3n) is 4.65. The van der Waals surface area contributed by atoms with E-state index in [0.717, 1.165) is 23.8 Å². The Morgan fingerprint density at radius 2 is 2.10 bits per heavy atom. The van der Waals surface area contributed by atoms with Crippen LogP contribution in [-0.4, -0.2) is 23.9 Å². The van der Waals surface area contributed by atoms with Crippen molar-refractivity contribution in [2.24, 2.45) is 5.92 Å². The van der Waals surface area contributed by atoms with Gasteiger partial charge in [0.15, 0.2) is 5.78 Å². The van der Waals surface area contributed by atoms with Gasteiger partial charge in [0.25, 0.3) is 0 Å². The summed E-state index contributed by atoms with van der Waals surface area (Å²) in [6.45, 7) is 2.14. The van der Waals surface area contributed by atoms with E-state index >= 15 is 0 Å². The second-order valence-electron chi connectivity index (χ2n) is 6.25. The second-order valence-corrected chi connectivity index (χ2v) is 7.14. The number of ketones is 1. The minimum atomic E-state index is 0.267. The molecule has 1 aliphatic heterocycles. The van der Waals surface area contributed by atoms with Crippen LogP contribution in [0.25, 0.3) is 0 Å². The van der Waals surface area contributed by atoms with Crippen molar-refractivity contribution in [1.82, 2.24) is 10.3 Å². The second kappa shape index (κ2) is 6.81. The maximum Gasteiger partial charge on any atom is 0.182 e. The van der Waals surface area contributed by atoms with Gasteiger partial charge in [-0.15, -0.1) is 11.3 Å². The topological polar surface area (TPSA) is 42.0 Å². The molecule has 1 aromatic rings. The van der Waals surface area contributed by atoms with Gasteiger partial charge in [0.1, 0.15) is 5.69 Å². The number of carbonyl (C=O) groups excluding carboxylic acids is 1. The van der Waals surface area contributed by atoms with Crippen molar-refractivity contribution in [3.63, 3.8) is 0 Å². The van der Waals surface area contributed by atoms with Crippen molar-refractivity contribution in [2.75, 3.05) is 13.1 Å². The van der Waals surface area contributed by atoms with Gasteiger partial charge in [-0.2, -0.15) is 0 Å². The highest BCUT2D eigenvalue weighted by Gasteiger charge is 2.22. The van der Waals surface area contributed by atoms with E-state index in [1.165, 1.54) is 44.9 Å². The van der Waals surface area contributed by atoms with Gasteiger partial charge in [-0.05, 0) is 25.3 Å². The molecule has 1 saturated heterocycles. The molecule has 1 atom stereocenters. The first-order valence-electron chi connectivity index (χ1n) is 8.02. The molecule has 0 bridgehead atoms. The number of carbonyl (C=O) groups is 1. The molecule has 2 heterocycles. The molecule has 20 heavy (non-hydrogen) atoms. The summed E-state index contributed by atoms with van der Waals surface area (Å²) in [5.74, 6) is 1.39. The zero-order valence-corrected chi connectivity index (χ0v) is 12.9. The van der Waals surface area contributed by atoms with E-state index in [1.807, 2.05) is 5.38 Å². The van der Waals surface area contributed by atoms with E-state index in [2.05, 4.69) is 10.3 Å². The predicted molar refractivity (Wildman–Crippen MR) is 82.5 cm³/mol. The normalized spacial score (nSPS) is 24.7. The molecule has 1 N–H and O–H groups in total. The first kappa shape index (κ1) is 14.2.